The molecule has 2 N–H and O–H groups in total. The SMILES string of the molecule is CC1(C)[C@@H]2CC[C@H]1[C@H](OC(N)=O)C2. The number of carbonyl (C=O) groups excluding carboxylic acids is 1. The first-order chi connectivity index (χ1) is 6.01. The number of primary amides is 1. The summed E-state index contributed by atoms with van der Waals surface area (Å²) in [7, 11) is 0. The van der Waals surface area contributed by atoms with E-state index in [-0.39, 0.29) is 6.10 Å². The van der Waals surface area contributed by atoms with Crippen molar-refractivity contribution in [1.82, 2.24) is 0 Å². The summed E-state index contributed by atoms with van der Waals surface area (Å²) in [5.74, 6) is 1.26. The zero-order valence-electron chi connectivity index (χ0n) is 8.25. The van der Waals surface area contributed by atoms with Gasteiger partial charge in [0.2, 0.25) is 0 Å². The van der Waals surface area contributed by atoms with Crippen molar-refractivity contribution in [3.8, 4) is 0 Å². The van der Waals surface area contributed by atoms with Gasteiger partial charge in [0.25, 0.3) is 0 Å². The predicted octanol–water partition coefficient (Wildman–Crippen LogP) is 1.91. The summed E-state index contributed by atoms with van der Waals surface area (Å²) in [5, 5.41) is 0. The summed E-state index contributed by atoms with van der Waals surface area (Å²) in [6.07, 6.45) is 2.96. The van der Waals surface area contributed by atoms with Crippen LogP contribution in [0, 0.1) is 17.3 Å². The third-order valence-corrected chi connectivity index (χ3v) is 4.07. The summed E-state index contributed by atoms with van der Waals surface area (Å²) < 4.78 is 5.12. The number of hydrogen-bond acceptors (Lipinski definition) is 2. The van der Waals surface area contributed by atoms with Gasteiger partial charge in [0.15, 0.2) is 0 Å². The average Bonchev–Trinajstić information content (AvgIpc) is 2.38. The van der Waals surface area contributed by atoms with E-state index in [4.69, 9.17) is 10.5 Å². The van der Waals surface area contributed by atoms with E-state index in [1.54, 1.807) is 0 Å². The van der Waals surface area contributed by atoms with Crippen molar-refractivity contribution >= 4 is 6.09 Å². The average molecular weight is 183 g/mol. The van der Waals surface area contributed by atoms with Crippen LogP contribution in [0.4, 0.5) is 4.79 Å². The Kier molecular flexibility index (Phi) is 1.79. The standard InChI is InChI=1S/C10H17NO2/c1-10(2)6-3-4-7(10)8(5-6)13-9(11)12/h6-8H,3-5H2,1-2H3,(H2,11,12)/t6-,7+,8-/m1/s1. The van der Waals surface area contributed by atoms with E-state index in [9.17, 15) is 4.79 Å². The second-order valence-corrected chi connectivity index (χ2v) is 4.91. The predicted molar refractivity (Wildman–Crippen MR) is 49.1 cm³/mol. The van der Waals surface area contributed by atoms with Gasteiger partial charge in [0.05, 0.1) is 0 Å². The van der Waals surface area contributed by atoms with E-state index >= 15 is 0 Å². The van der Waals surface area contributed by atoms with Crippen LogP contribution >= 0.6 is 0 Å². The molecule has 0 saturated heterocycles. The third-order valence-electron chi connectivity index (χ3n) is 4.07. The van der Waals surface area contributed by atoms with Crippen LogP contribution in [0.25, 0.3) is 0 Å². The van der Waals surface area contributed by atoms with Crippen molar-refractivity contribution in [2.24, 2.45) is 23.0 Å². The number of amides is 1. The van der Waals surface area contributed by atoms with Crippen molar-refractivity contribution in [1.29, 1.82) is 0 Å². The highest BCUT2D eigenvalue weighted by molar-refractivity contribution is 5.64. The normalized spacial score (nSPS) is 40.6. The monoisotopic (exact) mass is 183 g/mol. The van der Waals surface area contributed by atoms with Crippen molar-refractivity contribution in [3.05, 3.63) is 0 Å². The first-order valence-corrected chi connectivity index (χ1v) is 4.98. The Morgan fingerprint density at radius 3 is 2.54 bits per heavy atom. The van der Waals surface area contributed by atoms with Crippen LogP contribution in [0.15, 0.2) is 0 Å². The molecule has 13 heavy (non-hydrogen) atoms. The molecule has 0 heterocycles. The van der Waals surface area contributed by atoms with E-state index < -0.39 is 6.09 Å². The number of carbonyl (C=O) groups is 1. The number of hydrogen-bond donors (Lipinski definition) is 1. The lowest BCUT2D eigenvalue weighted by Crippen LogP contribution is -2.29. The Hall–Kier alpha value is -0.730. The Morgan fingerprint density at radius 2 is 2.15 bits per heavy atom. The molecule has 2 fully saturated rings. The minimum Gasteiger partial charge on any atom is -0.446 e. The Bertz CT molecular complexity index is 237. The van der Waals surface area contributed by atoms with Crippen molar-refractivity contribution in [3.63, 3.8) is 0 Å². The van der Waals surface area contributed by atoms with Crippen molar-refractivity contribution < 1.29 is 9.53 Å². The lowest BCUT2D eigenvalue weighted by Gasteiger charge is -2.25. The maximum absolute atomic E-state index is 10.6. The number of nitrogens with two attached hydrogens (primary N) is 1. The summed E-state index contributed by atoms with van der Waals surface area (Å²) in [6.45, 7) is 4.55. The van der Waals surface area contributed by atoms with Gasteiger partial charge in [0, 0.05) is 5.92 Å². The fourth-order valence-corrected chi connectivity index (χ4v) is 3.24. The molecule has 3 nitrogen and oxygen atoms in total. The zero-order valence-corrected chi connectivity index (χ0v) is 8.25. The quantitative estimate of drug-likeness (QED) is 0.675. The van der Waals surface area contributed by atoms with Crippen molar-refractivity contribution in [2.75, 3.05) is 0 Å². The Morgan fingerprint density at radius 1 is 1.46 bits per heavy atom. The molecular weight excluding hydrogens is 166 g/mol. The molecule has 74 valence electrons. The van der Waals surface area contributed by atoms with E-state index in [1.165, 1.54) is 12.8 Å². The highest BCUT2D eigenvalue weighted by Crippen LogP contribution is 2.58. The number of fused-ring (bicyclic) bond motifs is 2. The molecule has 1 amide bonds. The molecule has 0 aromatic heterocycles. The Balaban J connectivity index is 2.09. The van der Waals surface area contributed by atoms with Gasteiger partial charge in [-0.15, -0.1) is 0 Å². The van der Waals surface area contributed by atoms with Crippen LogP contribution in [-0.2, 0) is 4.74 Å². The van der Waals surface area contributed by atoms with Gasteiger partial charge in [-0.25, -0.2) is 4.79 Å². The smallest absolute Gasteiger partial charge is 0.404 e. The fraction of sp³-hybridized carbons (Fsp3) is 0.900. The molecule has 0 radical (unpaired) electrons. The second kappa shape index (κ2) is 2.63. The van der Waals surface area contributed by atoms with E-state index in [0.29, 0.717) is 11.3 Å². The molecule has 0 aromatic carbocycles. The molecule has 2 saturated carbocycles. The van der Waals surface area contributed by atoms with Crippen LogP contribution < -0.4 is 5.73 Å². The Labute approximate surface area is 78.6 Å². The minimum atomic E-state index is -0.617. The van der Waals surface area contributed by atoms with Gasteiger partial charge in [-0.3, -0.25) is 0 Å². The van der Waals surface area contributed by atoms with Gasteiger partial charge < -0.3 is 10.5 Å². The highest BCUT2D eigenvalue weighted by Gasteiger charge is 2.54. The first kappa shape index (κ1) is 8.85. The van der Waals surface area contributed by atoms with Crippen LogP contribution in [0.5, 0.6) is 0 Å². The van der Waals surface area contributed by atoms with Crippen LogP contribution in [0.2, 0.25) is 0 Å². The topological polar surface area (TPSA) is 52.3 Å². The van der Waals surface area contributed by atoms with Crippen molar-refractivity contribution in [2.45, 2.75) is 39.2 Å². The van der Waals surface area contributed by atoms with Crippen LogP contribution in [0.3, 0.4) is 0 Å². The van der Waals surface area contributed by atoms with Gasteiger partial charge in [-0.05, 0) is 30.6 Å². The second-order valence-electron chi connectivity index (χ2n) is 4.91. The number of ether oxygens (including phenoxy) is 1. The van der Waals surface area contributed by atoms with E-state index in [2.05, 4.69) is 13.8 Å². The number of rotatable bonds is 1. The van der Waals surface area contributed by atoms with Gasteiger partial charge >= 0.3 is 6.09 Å². The minimum absolute atomic E-state index is 0.0891. The lowest BCUT2D eigenvalue weighted by atomic mass is 9.82. The lowest BCUT2D eigenvalue weighted by molar-refractivity contribution is 0.0611. The van der Waals surface area contributed by atoms with Gasteiger partial charge in [0.1, 0.15) is 6.10 Å². The maximum Gasteiger partial charge on any atom is 0.404 e. The third kappa shape index (κ3) is 1.21. The molecule has 0 aliphatic heterocycles. The highest BCUT2D eigenvalue weighted by atomic mass is 16.6. The van der Waals surface area contributed by atoms with Gasteiger partial charge in [-0.1, -0.05) is 13.8 Å². The summed E-state index contributed by atoms with van der Waals surface area (Å²) in [6, 6.07) is 0. The molecule has 0 spiro atoms. The molecule has 0 unspecified atom stereocenters. The summed E-state index contributed by atoms with van der Waals surface area (Å²) in [5.41, 5.74) is 5.38. The molecule has 0 aromatic rings. The molecular formula is C10H17NO2. The molecule has 2 aliphatic carbocycles. The molecule has 2 bridgehead atoms. The largest absolute Gasteiger partial charge is 0.446 e. The van der Waals surface area contributed by atoms with Gasteiger partial charge in [-0.2, -0.15) is 0 Å². The van der Waals surface area contributed by atoms with E-state index in [1.807, 2.05) is 0 Å². The van der Waals surface area contributed by atoms with Crippen LogP contribution in [0.1, 0.15) is 33.1 Å². The maximum atomic E-state index is 10.6. The first-order valence-electron chi connectivity index (χ1n) is 4.98. The van der Waals surface area contributed by atoms with Crippen LogP contribution in [-0.4, -0.2) is 12.2 Å². The van der Waals surface area contributed by atoms with E-state index in [0.717, 1.165) is 12.3 Å². The molecule has 3 heteroatoms. The summed E-state index contributed by atoms with van der Waals surface area (Å²) >= 11 is 0. The molecule has 2 rings (SSSR count). The molecule has 3 atom stereocenters. The fourth-order valence-electron chi connectivity index (χ4n) is 3.24. The zero-order chi connectivity index (χ0) is 9.64. The summed E-state index contributed by atoms with van der Waals surface area (Å²) in [4.78, 5) is 10.6. The molecule has 2 aliphatic rings.